The van der Waals surface area contributed by atoms with E-state index in [0.717, 1.165) is 11.1 Å². The fourth-order valence-corrected chi connectivity index (χ4v) is 4.92. The summed E-state index contributed by atoms with van der Waals surface area (Å²) in [6, 6.07) is 7.47. The summed E-state index contributed by atoms with van der Waals surface area (Å²) in [4.78, 5) is 27.8. The van der Waals surface area contributed by atoms with Crippen molar-refractivity contribution in [1.29, 1.82) is 0 Å². The summed E-state index contributed by atoms with van der Waals surface area (Å²) in [5.41, 5.74) is 2.06. The Labute approximate surface area is 149 Å². The summed E-state index contributed by atoms with van der Waals surface area (Å²) >= 11 is 0. The highest BCUT2D eigenvalue weighted by atomic mass is 32.2. The normalized spacial score (nSPS) is 18.8. The number of likely N-dealkylation sites (N-methyl/N-ethyl adjacent to an activating group) is 1. The van der Waals surface area contributed by atoms with Gasteiger partial charge >= 0.3 is 0 Å². The quantitative estimate of drug-likeness (QED) is 0.762. The number of sulfone groups is 1. The Morgan fingerprint density at radius 2 is 1.92 bits per heavy atom. The Morgan fingerprint density at radius 1 is 1.24 bits per heavy atom. The van der Waals surface area contributed by atoms with E-state index in [0.29, 0.717) is 19.5 Å². The Morgan fingerprint density at radius 3 is 2.44 bits per heavy atom. The molecule has 0 N–H and O–H groups in total. The molecule has 1 atom stereocenters. The first kappa shape index (κ1) is 19.4. The highest BCUT2D eigenvalue weighted by Crippen LogP contribution is 2.18. The molecule has 0 saturated carbocycles. The van der Waals surface area contributed by atoms with Crippen LogP contribution in [0.5, 0.6) is 0 Å². The Bertz CT molecular complexity index is 745. The van der Waals surface area contributed by atoms with E-state index >= 15 is 0 Å². The lowest BCUT2D eigenvalue weighted by molar-refractivity contribution is -0.141. The average Bonchev–Trinajstić information content (AvgIpc) is 2.89. The molecule has 0 spiro atoms. The van der Waals surface area contributed by atoms with Gasteiger partial charge in [-0.15, -0.1) is 0 Å². The van der Waals surface area contributed by atoms with Crippen LogP contribution in [-0.2, 0) is 26.0 Å². The number of aryl methyl sites for hydroxylation is 1. The second-order valence-corrected chi connectivity index (χ2v) is 8.77. The molecule has 6 nitrogen and oxygen atoms in total. The molecule has 25 heavy (non-hydrogen) atoms. The molecule has 2 amide bonds. The number of hydrogen-bond donors (Lipinski definition) is 0. The molecule has 1 aliphatic rings. The van der Waals surface area contributed by atoms with Gasteiger partial charge in [0, 0.05) is 26.1 Å². The van der Waals surface area contributed by atoms with Crippen LogP contribution in [0.3, 0.4) is 0 Å². The molecule has 138 valence electrons. The van der Waals surface area contributed by atoms with E-state index in [1.807, 2.05) is 38.1 Å². The average molecular weight is 366 g/mol. The second-order valence-electron chi connectivity index (χ2n) is 6.54. The molecule has 0 aromatic heterocycles. The molecule has 1 saturated heterocycles. The molecule has 1 fully saturated rings. The number of benzene rings is 1. The first-order valence-corrected chi connectivity index (χ1v) is 10.4. The highest BCUT2D eigenvalue weighted by molar-refractivity contribution is 7.91. The third-order valence-corrected chi connectivity index (χ3v) is 6.45. The van der Waals surface area contributed by atoms with E-state index in [4.69, 9.17) is 0 Å². The van der Waals surface area contributed by atoms with Crippen molar-refractivity contribution in [3.63, 3.8) is 0 Å². The highest BCUT2D eigenvalue weighted by Gasteiger charge is 2.34. The van der Waals surface area contributed by atoms with Crippen LogP contribution < -0.4 is 0 Å². The Kier molecular flexibility index (Phi) is 6.21. The fraction of sp³-hybridized carbons (Fsp3) is 0.556. The van der Waals surface area contributed by atoms with Crippen LogP contribution in [0.1, 0.15) is 31.4 Å². The number of nitrogens with zero attached hydrogens (tertiary/aromatic N) is 2. The predicted molar refractivity (Wildman–Crippen MR) is 96.7 cm³/mol. The third-order valence-electron chi connectivity index (χ3n) is 4.70. The zero-order chi connectivity index (χ0) is 18.6. The molecule has 0 radical (unpaired) electrons. The molecule has 2 rings (SSSR count). The molecule has 1 heterocycles. The summed E-state index contributed by atoms with van der Waals surface area (Å²) < 4.78 is 23.4. The summed E-state index contributed by atoms with van der Waals surface area (Å²) in [6.07, 6.45) is 0.472. The van der Waals surface area contributed by atoms with E-state index in [9.17, 15) is 18.0 Å². The third kappa shape index (κ3) is 5.04. The summed E-state index contributed by atoms with van der Waals surface area (Å²) in [6.45, 7) is 6.03. The summed E-state index contributed by atoms with van der Waals surface area (Å²) in [5.74, 6) is -0.231. The number of carbonyl (C=O) groups is 2. The minimum absolute atomic E-state index is 0.0183. The lowest BCUT2D eigenvalue weighted by atomic mass is 10.1. The van der Waals surface area contributed by atoms with Gasteiger partial charge in [0.25, 0.3) is 0 Å². The van der Waals surface area contributed by atoms with Gasteiger partial charge in [-0.3, -0.25) is 9.59 Å². The number of hydrogen-bond acceptors (Lipinski definition) is 4. The van der Waals surface area contributed by atoms with Gasteiger partial charge in [0.05, 0.1) is 11.5 Å². The molecule has 1 aromatic carbocycles. The standard InChI is InChI=1S/C18H26N2O4S/c1-4-20(17-9-10-25(23,24)13-17)18(22)12-19(15(3)21)11-16-8-6-5-7-14(16)2/h5-8,17H,4,9-13H2,1-3H3. The smallest absolute Gasteiger partial charge is 0.242 e. The van der Waals surface area contributed by atoms with Gasteiger partial charge in [0.1, 0.15) is 6.54 Å². The SMILES string of the molecule is CCN(C(=O)CN(Cc1ccccc1C)C(C)=O)C1CCS(=O)(=O)C1. The minimum Gasteiger partial charge on any atom is -0.337 e. The predicted octanol–water partition coefficient (Wildman–Crippen LogP) is 1.38. The lowest BCUT2D eigenvalue weighted by Crippen LogP contribution is -2.47. The van der Waals surface area contributed by atoms with E-state index in [1.54, 1.807) is 4.90 Å². The Balaban J connectivity index is 2.08. The van der Waals surface area contributed by atoms with Crippen molar-refractivity contribution < 1.29 is 18.0 Å². The molecular weight excluding hydrogens is 340 g/mol. The van der Waals surface area contributed by atoms with Gasteiger partial charge in [-0.05, 0) is 31.4 Å². The molecule has 1 unspecified atom stereocenters. The maximum Gasteiger partial charge on any atom is 0.242 e. The van der Waals surface area contributed by atoms with E-state index < -0.39 is 9.84 Å². The van der Waals surface area contributed by atoms with Crippen molar-refractivity contribution in [1.82, 2.24) is 9.80 Å². The van der Waals surface area contributed by atoms with Crippen LogP contribution in [0.4, 0.5) is 0 Å². The number of rotatable bonds is 6. The molecule has 1 aliphatic heterocycles. The van der Waals surface area contributed by atoms with Crippen LogP contribution in [-0.4, -0.2) is 60.7 Å². The van der Waals surface area contributed by atoms with Crippen molar-refractivity contribution in [3.8, 4) is 0 Å². The minimum atomic E-state index is -3.06. The van der Waals surface area contributed by atoms with Gasteiger partial charge in [0.15, 0.2) is 9.84 Å². The van der Waals surface area contributed by atoms with Crippen molar-refractivity contribution in [3.05, 3.63) is 35.4 Å². The first-order valence-electron chi connectivity index (χ1n) is 8.53. The van der Waals surface area contributed by atoms with Crippen molar-refractivity contribution in [2.45, 2.75) is 39.8 Å². The number of amides is 2. The van der Waals surface area contributed by atoms with E-state index in [1.165, 1.54) is 11.8 Å². The van der Waals surface area contributed by atoms with Crippen molar-refractivity contribution >= 4 is 21.7 Å². The molecule has 0 bridgehead atoms. The molecular formula is C18H26N2O4S. The molecule has 7 heteroatoms. The van der Waals surface area contributed by atoms with Gasteiger partial charge < -0.3 is 9.80 Å². The van der Waals surface area contributed by atoms with Crippen LogP contribution in [0.2, 0.25) is 0 Å². The maximum absolute atomic E-state index is 12.7. The molecule has 1 aromatic rings. The summed E-state index contributed by atoms with van der Waals surface area (Å²) in [5, 5.41) is 0. The zero-order valence-corrected chi connectivity index (χ0v) is 15.9. The fourth-order valence-electron chi connectivity index (χ4n) is 3.19. The summed E-state index contributed by atoms with van der Waals surface area (Å²) in [7, 11) is -3.06. The van der Waals surface area contributed by atoms with E-state index in [2.05, 4.69) is 0 Å². The monoisotopic (exact) mass is 366 g/mol. The zero-order valence-electron chi connectivity index (χ0n) is 15.1. The van der Waals surface area contributed by atoms with Crippen molar-refractivity contribution in [2.75, 3.05) is 24.6 Å². The van der Waals surface area contributed by atoms with Crippen LogP contribution >= 0.6 is 0 Å². The first-order chi connectivity index (χ1) is 11.7. The molecule has 0 aliphatic carbocycles. The van der Waals surface area contributed by atoms with Gasteiger partial charge in [0.2, 0.25) is 11.8 Å². The van der Waals surface area contributed by atoms with Gasteiger partial charge in [-0.1, -0.05) is 24.3 Å². The lowest BCUT2D eigenvalue weighted by Gasteiger charge is -2.30. The largest absolute Gasteiger partial charge is 0.337 e. The maximum atomic E-state index is 12.7. The van der Waals surface area contributed by atoms with Crippen LogP contribution in [0, 0.1) is 6.92 Å². The van der Waals surface area contributed by atoms with E-state index in [-0.39, 0.29) is 35.9 Å². The van der Waals surface area contributed by atoms with Gasteiger partial charge in [-0.25, -0.2) is 8.42 Å². The van der Waals surface area contributed by atoms with Gasteiger partial charge in [-0.2, -0.15) is 0 Å². The second kappa shape index (κ2) is 7.99. The number of carbonyl (C=O) groups excluding carboxylic acids is 2. The van der Waals surface area contributed by atoms with Crippen LogP contribution in [0.25, 0.3) is 0 Å². The Hall–Kier alpha value is -1.89. The van der Waals surface area contributed by atoms with Crippen LogP contribution in [0.15, 0.2) is 24.3 Å². The van der Waals surface area contributed by atoms with Crippen molar-refractivity contribution in [2.24, 2.45) is 0 Å². The topological polar surface area (TPSA) is 74.8 Å².